The van der Waals surface area contributed by atoms with Crippen LogP contribution in [0.3, 0.4) is 0 Å². The maximum absolute atomic E-state index is 12.5. The second-order valence-corrected chi connectivity index (χ2v) is 6.20. The van der Waals surface area contributed by atoms with Gasteiger partial charge in [0.05, 0.1) is 25.5 Å². The van der Waals surface area contributed by atoms with Crippen LogP contribution >= 0.6 is 0 Å². The van der Waals surface area contributed by atoms with E-state index in [1.54, 1.807) is 0 Å². The molecule has 2 saturated heterocycles. The average molecular weight is 322 g/mol. The predicted octanol–water partition coefficient (Wildman–Crippen LogP) is 1.24. The lowest BCUT2D eigenvalue weighted by Crippen LogP contribution is -2.49. The zero-order chi connectivity index (χ0) is 16.1. The Morgan fingerprint density at radius 2 is 2.22 bits per heavy atom. The number of aryl methyl sites for hydroxylation is 1. The minimum Gasteiger partial charge on any atom is -0.379 e. The molecule has 2 amide bonds. The lowest BCUT2D eigenvalue weighted by atomic mass is 10.2. The number of nitrogens with one attached hydrogen (secondary N) is 1. The van der Waals surface area contributed by atoms with Gasteiger partial charge >= 0.3 is 6.03 Å². The number of aromatic nitrogens is 1. The van der Waals surface area contributed by atoms with E-state index in [4.69, 9.17) is 9.26 Å². The summed E-state index contributed by atoms with van der Waals surface area (Å²) in [7, 11) is 0. The van der Waals surface area contributed by atoms with Crippen molar-refractivity contribution in [2.24, 2.45) is 0 Å². The van der Waals surface area contributed by atoms with Crippen LogP contribution in [0, 0.1) is 0 Å². The molecule has 0 saturated carbocycles. The first-order chi connectivity index (χ1) is 11.3. The van der Waals surface area contributed by atoms with Crippen LogP contribution in [-0.2, 0) is 17.7 Å². The molecule has 0 aromatic carbocycles. The van der Waals surface area contributed by atoms with E-state index < -0.39 is 0 Å². The molecular weight excluding hydrogens is 296 g/mol. The number of rotatable bonds is 5. The fourth-order valence-electron chi connectivity index (χ4n) is 3.24. The van der Waals surface area contributed by atoms with E-state index in [1.807, 2.05) is 17.9 Å². The molecule has 2 fully saturated rings. The standard InChI is InChI=1S/C16H26N4O3/c1-2-13-10-15(23-18-13)11-17-16(21)20-5-3-4-14(20)12-19-6-8-22-9-7-19/h10,14H,2-9,11-12H2,1H3,(H,17,21). The number of hydrogen-bond acceptors (Lipinski definition) is 5. The summed E-state index contributed by atoms with van der Waals surface area (Å²) in [6.45, 7) is 7.71. The van der Waals surface area contributed by atoms with Crippen LogP contribution in [-0.4, -0.2) is 66.4 Å². The Balaban J connectivity index is 1.48. The highest BCUT2D eigenvalue weighted by atomic mass is 16.5. The SMILES string of the molecule is CCc1cc(CNC(=O)N2CCCC2CN2CCOCC2)on1. The number of ether oxygens (including phenoxy) is 1. The first kappa shape index (κ1) is 16.3. The third kappa shape index (κ3) is 4.23. The van der Waals surface area contributed by atoms with Crippen molar-refractivity contribution in [3.8, 4) is 0 Å². The molecule has 7 heteroatoms. The van der Waals surface area contributed by atoms with Gasteiger partial charge in [-0.05, 0) is 19.3 Å². The molecule has 1 unspecified atom stereocenters. The van der Waals surface area contributed by atoms with Gasteiger partial charge in [0.25, 0.3) is 0 Å². The number of carbonyl (C=O) groups is 1. The lowest BCUT2D eigenvalue weighted by Gasteiger charge is -2.32. The highest BCUT2D eigenvalue weighted by molar-refractivity contribution is 5.74. The quantitative estimate of drug-likeness (QED) is 0.883. The Kier molecular flexibility index (Phi) is 5.51. The van der Waals surface area contributed by atoms with Crippen molar-refractivity contribution in [2.75, 3.05) is 39.4 Å². The van der Waals surface area contributed by atoms with Gasteiger partial charge in [0.1, 0.15) is 0 Å². The summed E-state index contributed by atoms with van der Waals surface area (Å²) in [6, 6.07) is 2.19. The van der Waals surface area contributed by atoms with Crippen LogP contribution in [0.15, 0.2) is 10.6 Å². The normalized spacial score (nSPS) is 22.5. The van der Waals surface area contributed by atoms with Crippen molar-refractivity contribution in [3.63, 3.8) is 0 Å². The van der Waals surface area contributed by atoms with E-state index in [9.17, 15) is 4.79 Å². The first-order valence-corrected chi connectivity index (χ1v) is 8.55. The maximum atomic E-state index is 12.5. The fourth-order valence-corrected chi connectivity index (χ4v) is 3.24. The zero-order valence-corrected chi connectivity index (χ0v) is 13.8. The summed E-state index contributed by atoms with van der Waals surface area (Å²) in [5.41, 5.74) is 0.917. The Hall–Kier alpha value is -1.60. The molecule has 2 aliphatic heterocycles. The minimum absolute atomic E-state index is 0.00444. The monoisotopic (exact) mass is 322 g/mol. The van der Waals surface area contributed by atoms with Gasteiger partial charge in [-0.15, -0.1) is 0 Å². The number of urea groups is 1. The van der Waals surface area contributed by atoms with Crippen molar-refractivity contribution in [2.45, 2.75) is 38.8 Å². The molecule has 0 spiro atoms. The number of nitrogens with zero attached hydrogens (tertiary/aromatic N) is 3. The van der Waals surface area contributed by atoms with E-state index in [-0.39, 0.29) is 6.03 Å². The molecule has 0 aliphatic carbocycles. The van der Waals surface area contributed by atoms with Gasteiger partial charge in [0.15, 0.2) is 5.76 Å². The molecule has 7 nitrogen and oxygen atoms in total. The van der Waals surface area contributed by atoms with Gasteiger partial charge in [-0.25, -0.2) is 4.79 Å². The molecule has 0 radical (unpaired) electrons. The Bertz CT molecular complexity index is 513. The van der Waals surface area contributed by atoms with Crippen LogP contribution in [0.2, 0.25) is 0 Å². The van der Waals surface area contributed by atoms with Crippen LogP contribution in [0.5, 0.6) is 0 Å². The van der Waals surface area contributed by atoms with Crippen LogP contribution in [0.25, 0.3) is 0 Å². The van der Waals surface area contributed by atoms with Crippen molar-refractivity contribution < 1.29 is 14.1 Å². The molecule has 1 aromatic rings. The highest BCUT2D eigenvalue weighted by Gasteiger charge is 2.30. The van der Waals surface area contributed by atoms with Crippen LogP contribution in [0.4, 0.5) is 4.79 Å². The molecular formula is C16H26N4O3. The van der Waals surface area contributed by atoms with E-state index in [1.165, 1.54) is 0 Å². The molecule has 0 bridgehead atoms. The van der Waals surface area contributed by atoms with Crippen LogP contribution < -0.4 is 5.32 Å². The lowest BCUT2D eigenvalue weighted by molar-refractivity contribution is 0.0292. The van der Waals surface area contributed by atoms with Gasteiger partial charge in [0, 0.05) is 38.3 Å². The van der Waals surface area contributed by atoms with Crippen molar-refractivity contribution in [1.29, 1.82) is 0 Å². The summed E-state index contributed by atoms with van der Waals surface area (Å²) in [6.07, 6.45) is 2.99. The highest BCUT2D eigenvalue weighted by Crippen LogP contribution is 2.19. The molecule has 128 valence electrons. The second-order valence-electron chi connectivity index (χ2n) is 6.20. The number of morpholine rings is 1. The van der Waals surface area contributed by atoms with E-state index >= 15 is 0 Å². The molecule has 3 heterocycles. The minimum atomic E-state index is -0.00444. The third-order valence-electron chi connectivity index (χ3n) is 4.59. The summed E-state index contributed by atoms with van der Waals surface area (Å²) in [5.74, 6) is 0.708. The third-order valence-corrected chi connectivity index (χ3v) is 4.59. The number of likely N-dealkylation sites (tertiary alicyclic amines) is 1. The predicted molar refractivity (Wildman–Crippen MR) is 85.1 cm³/mol. The van der Waals surface area contributed by atoms with E-state index in [0.29, 0.717) is 18.3 Å². The fraction of sp³-hybridized carbons (Fsp3) is 0.750. The number of hydrogen-bond donors (Lipinski definition) is 1. The van der Waals surface area contributed by atoms with E-state index in [0.717, 1.165) is 64.3 Å². The van der Waals surface area contributed by atoms with Gasteiger partial charge in [-0.2, -0.15) is 0 Å². The zero-order valence-electron chi connectivity index (χ0n) is 13.8. The summed E-state index contributed by atoms with van der Waals surface area (Å²) < 4.78 is 10.6. The van der Waals surface area contributed by atoms with Gasteiger partial charge in [0.2, 0.25) is 0 Å². The van der Waals surface area contributed by atoms with Crippen molar-refractivity contribution in [1.82, 2.24) is 20.3 Å². The first-order valence-electron chi connectivity index (χ1n) is 8.55. The summed E-state index contributed by atoms with van der Waals surface area (Å²) in [4.78, 5) is 16.8. The van der Waals surface area contributed by atoms with Gasteiger partial charge in [-0.3, -0.25) is 4.90 Å². The molecule has 3 rings (SSSR count). The van der Waals surface area contributed by atoms with Crippen molar-refractivity contribution >= 4 is 6.03 Å². The van der Waals surface area contributed by atoms with Gasteiger partial charge < -0.3 is 19.5 Å². The van der Waals surface area contributed by atoms with E-state index in [2.05, 4.69) is 15.4 Å². The number of amides is 2. The molecule has 1 aromatic heterocycles. The largest absolute Gasteiger partial charge is 0.379 e. The van der Waals surface area contributed by atoms with Crippen LogP contribution in [0.1, 0.15) is 31.2 Å². The van der Waals surface area contributed by atoms with Gasteiger partial charge in [-0.1, -0.05) is 12.1 Å². The second kappa shape index (κ2) is 7.79. The molecule has 1 atom stereocenters. The maximum Gasteiger partial charge on any atom is 0.318 e. The molecule has 23 heavy (non-hydrogen) atoms. The van der Waals surface area contributed by atoms with Crippen molar-refractivity contribution in [3.05, 3.63) is 17.5 Å². The topological polar surface area (TPSA) is 70.8 Å². The number of carbonyl (C=O) groups excluding carboxylic acids is 1. The smallest absolute Gasteiger partial charge is 0.318 e. The summed E-state index contributed by atoms with van der Waals surface area (Å²) >= 11 is 0. The molecule has 1 N–H and O–H groups in total. The average Bonchev–Trinajstić information content (AvgIpc) is 3.22. The Morgan fingerprint density at radius 3 is 2.96 bits per heavy atom. The molecule has 2 aliphatic rings. The Morgan fingerprint density at radius 1 is 1.39 bits per heavy atom. The Labute approximate surface area is 136 Å². The summed E-state index contributed by atoms with van der Waals surface area (Å²) in [5, 5.41) is 6.90.